The van der Waals surface area contributed by atoms with Crippen molar-refractivity contribution in [2.24, 2.45) is 0 Å². The summed E-state index contributed by atoms with van der Waals surface area (Å²) in [7, 11) is 0. The van der Waals surface area contributed by atoms with Crippen LogP contribution in [-0.2, 0) is 0 Å². The van der Waals surface area contributed by atoms with E-state index in [2.05, 4.69) is 28.2 Å². The van der Waals surface area contributed by atoms with Crippen LogP contribution in [0.15, 0.2) is 0 Å². The number of hydrogen-bond donors (Lipinski definition) is 4. The molecule has 2 aliphatic heterocycles. The van der Waals surface area contributed by atoms with Crippen molar-refractivity contribution in [2.45, 2.75) is 25.0 Å². The molecule has 76 valence electrons. The van der Waals surface area contributed by atoms with Crippen molar-refractivity contribution in [3.63, 3.8) is 0 Å². The first-order valence-electron chi connectivity index (χ1n) is 5.27. The van der Waals surface area contributed by atoms with E-state index in [0.29, 0.717) is 18.1 Å². The third-order valence-corrected chi connectivity index (χ3v) is 2.93. The zero-order valence-corrected chi connectivity index (χ0v) is 8.27. The molecule has 0 bridgehead atoms. The minimum absolute atomic E-state index is 0.587. The Morgan fingerprint density at radius 2 is 1.69 bits per heavy atom. The van der Waals surface area contributed by atoms with Crippen LogP contribution in [0, 0.1) is 0 Å². The molecule has 3 atom stereocenters. The number of hydrogen-bond acceptors (Lipinski definition) is 4. The van der Waals surface area contributed by atoms with E-state index in [0.717, 1.165) is 32.7 Å². The Hall–Kier alpha value is -0.160. The summed E-state index contributed by atoms with van der Waals surface area (Å²) in [6, 6.07) is 1.80. The Morgan fingerprint density at radius 3 is 2.31 bits per heavy atom. The van der Waals surface area contributed by atoms with Crippen LogP contribution in [0.5, 0.6) is 0 Å². The van der Waals surface area contributed by atoms with Crippen molar-refractivity contribution in [1.82, 2.24) is 21.3 Å². The van der Waals surface area contributed by atoms with Crippen molar-refractivity contribution in [2.75, 3.05) is 32.7 Å². The van der Waals surface area contributed by atoms with Crippen LogP contribution in [-0.4, -0.2) is 50.8 Å². The minimum atomic E-state index is 0.587. The monoisotopic (exact) mass is 184 g/mol. The van der Waals surface area contributed by atoms with Gasteiger partial charge in [0.15, 0.2) is 0 Å². The molecular formula is C9H20N4. The Kier molecular flexibility index (Phi) is 3.16. The standard InChI is InChI=1S/C9H20N4/c1-7-4-13-9(6-12-7)8-5-10-2-3-11-8/h7-13H,2-6H2,1H3/t7-,8?,9?/m0/s1. The highest BCUT2D eigenvalue weighted by atomic mass is 15.2. The first-order chi connectivity index (χ1) is 6.36. The number of nitrogens with one attached hydrogen (secondary N) is 4. The molecule has 0 spiro atoms. The molecule has 2 aliphatic rings. The van der Waals surface area contributed by atoms with E-state index >= 15 is 0 Å². The van der Waals surface area contributed by atoms with Crippen LogP contribution < -0.4 is 21.3 Å². The van der Waals surface area contributed by atoms with Crippen LogP contribution in [0.3, 0.4) is 0 Å². The molecule has 2 saturated heterocycles. The van der Waals surface area contributed by atoms with Gasteiger partial charge in [-0.2, -0.15) is 0 Å². The minimum Gasteiger partial charge on any atom is -0.314 e. The highest BCUT2D eigenvalue weighted by molar-refractivity contribution is 4.92. The van der Waals surface area contributed by atoms with E-state index in [4.69, 9.17) is 0 Å². The molecule has 0 aromatic heterocycles. The average molecular weight is 184 g/mol. The summed E-state index contributed by atoms with van der Waals surface area (Å²) >= 11 is 0. The van der Waals surface area contributed by atoms with E-state index in [-0.39, 0.29) is 0 Å². The highest BCUT2D eigenvalue weighted by Gasteiger charge is 2.25. The van der Waals surface area contributed by atoms with E-state index in [1.807, 2.05) is 0 Å². The van der Waals surface area contributed by atoms with Gasteiger partial charge in [-0.05, 0) is 6.92 Å². The van der Waals surface area contributed by atoms with Gasteiger partial charge in [0.25, 0.3) is 0 Å². The fourth-order valence-corrected chi connectivity index (χ4v) is 2.05. The van der Waals surface area contributed by atoms with Gasteiger partial charge in [-0.15, -0.1) is 0 Å². The van der Waals surface area contributed by atoms with Crippen molar-refractivity contribution in [1.29, 1.82) is 0 Å². The zero-order chi connectivity index (χ0) is 9.10. The number of rotatable bonds is 1. The predicted molar refractivity (Wildman–Crippen MR) is 53.9 cm³/mol. The van der Waals surface area contributed by atoms with Crippen LogP contribution >= 0.6 is 0 Å². The Morgan fingerprint density at radius 1 is 0.846 bits per heavy atom. The molecule has 4 heteroatoms. The maximum atomic E-state index is 3.57. The van der Waals surface area contributed by atoms with Crippen molar-refractivity contribution in [3.05, 3.63) is 0 Å². The Bertz CT molecular complexity index is 148. The molecule has 0 radical (unpaired) electrons. The van der Waals surface area contributed by atoms with Gasteiger partial charge in [0.05, 0.1) is 0 Å². The molecule has 2 fully saturated rings. The molecule has 0 saturated carbocycles. The average Bonchev–Trinajstić information content (AvgIpc) is 2.20. The topological polar surface area (TPSA) is 48.1 Å². The van der Waals surface area contributed by atoms with E-state index in [1.165, 1.54) is 0 Å². The molecule has 2 unspecified atom stereocenters. The molecule has 4 nitrogen and oxygen atoms in total. The van der Waals surface area contributed by atoms with Gasteiger partial charge in [-0.3, -0.25) is 0 Å². The summed E-state index contributed by atoms with van der Waals surface area (Å²) < 4.78 is 0. The molecular weight excluding hydrogens is 164 g/mol. The normalized spacial score (nSPS) is 41.8. The van der Waals surface area contributed by atoms with Crippen LogP contribution in [0.4, 0.5) is 0 Å². The van der Waals surface area contributed by atoms with Gasteiger partial charge in [-0.1, -0.05) is 0 Å². The van der Waals surface area contributed by atoms with Gasteiger partial charge < -0.3 is 21.3 Å². The lowest BCUT2D eigenvalue weighted by molar-refractivity contribution is 0.271. The van der Waals surface area contributed by atoms with Gasteiger partial charge in [0, 0.05) is 50.8 Å². The van der Waals surface area contributed by atoms with Crippen molar-refractivity contribution in [3.8, 4) is 0 Å². The maximum absolute atomic E-state index is 3.57. The molecule has 0 aliphatic carbocycles. The van der Waals surface area contributed by atoms with Crippen LogP contribution in [0.1, 0.15) is 6.92 Å². The van der Waals surface area contributed by atoms with Gasteiger partial charge in [0.2, 0.25) is 0 Å². The fraction of sp³-hybridized carbons (Fsp3) is 1.00. The third-order valence-electron chi connectivity index (χ3n) is 2.93. The zero-order valence-electron chi connectivity index (χ0n) is 8.27. The first kappa shape index (κ1) is 9.40. The van der Waals surface area contributed by atoms with Crippen molar-refractivity contribution >= 4 is 0 Å². The van der Waals surface area contributed by atoms with Gasteiger partial charge in [0.1, 0.15) is 0 Å². The molecule has 0 aromatic carbocycles. The molecule has 2 heterocycles. The smallest absolute Gasteiger partial charge is 0.0359 e. The van der Waals surface area contributed by atoms with E-state index < -0.39 is 0 Å². The number of piperazine rings is 2. The lowest BCUT2D eigenvalue weighted by Crippen LogP contribution is -2.65. The van der Waals surface area contributed by atoms with E-state index in [1.54, 1.807) is 0 Å². The summed E-state index contributed by atoms with van der Waals surface area (Å²) in [5.74, 6) is 0. The molecule has 0 aromatic rings. The summed E-state index contributed by atoms with van der Waals surface area (Å²) in [4.78, 5) is 0. The first-order valence-corrected chi connectivity index (χ1v) is 5.27. The SMILES string of the molecule is C[C@H]1CNC(C2CNCCN2)CN1. The van der Waals surface area contributed by atoms with Crippen LogP contribution in [0.2, 0.25) is 0 Å². The maximum Gasteiger partial charge on any atom is 0.0359 e. The van der Waals surface area contributed by atoms with Crippen molar-refractivity contribution < 1.29 is 0 Å². The van der Waals surface area contributed by atoms with E-state index in [9.17, 15) is 0 Å². The Balaban J connectivity index is 1.79. The second-order valence-corrected chi connectivity index (χ2v) is 4.09. The molecule has 0 amide bonds. The van der Waals surface area contributed by atoms with Gasteiger partial charge >= 0.3 is 0 Å². The van der Waals surface area contributed by atoms with Crippen LogP contribution in [0.25, 0.3) is 0 Å². The summed E-state index contributed by atoms with van der Waals surface area (Å²) in [5, 5.41) is 14.0. The second kappa shape index (κ2) is 4.37. The quantitative estimate of drug-likeness (QED) is 0.400. The molecule has 13 heavy (non-hydrogen) atoms. The lowest BCUT2D eigenvalue weighted by atomic mass is 10.0. The van der Waals surface area contributed by atoms with Gasteiger partial charge in [-0.25, -0.2) is 0 Å². The summed E-state index contributed by atoms with van der Waals surface area (Å²) in [6.07, 6.45) is 0. The Labute approximate surface area is 79.8 Å². The molecule has 2 rings (SSSR count). The summed E-state index contributed by atoms with van der Waals surface area (Å²) in [5.41, 5.74) is 0. The summed E-state index contributed by atoms with van der Waals surface area (Å²) in [6.45, 7) is 7.68. The third kappa shape index (κ3) is 2.40. The highest BCUT2D eigenvalue weighted by Crippen LogP contribution is 2.00. The lowest BCUT2D eigenvalue weighted by Gasteiger charge is -2.37. The predicted octanol–water partition coefficient (Wildman–Crippen LogP) is -1.50. The second-order valence-electron chi connectivity index (χ2n) is 4.09. The fourth-order valence-electron chi connectivity index (χ4n) is 2.05. The largest absolute Gasteiger partial charge is 0.314 e. The molecule has 4 N–H and O–H groups in total.